The molecule has 8 heteroatoms. The summed E-state index contributed by atoms with van der Waals surface area (Å²) < 4.78 is 2.03. The zero-order valence-electron chi connectivity index (χ0n) is 17.0. The van der Waals surface area contributed by atoms with Crippen molar-refractivity contribution in [3.63, 3.8) is 0 Å². The van der Waals surface area contributed by atoms with Crippen molar-refractivity contribution >= 4 is 11.7 Å². The number of aromatic nitrogens is 3. The molecule has 29 heavy (non-hydrogen) atoms. The monoisotopic (exact) mass is 394 g/mol. The molecular formula is C21H26N6O2. The lowest BCUT2D eigenvalue weighted by molar-refractivity contribution is -0.120. The van der Waals surface area contributed by atoms with Crippen LogP contribution in [0.5, 0.6) is 0 Å². The molecular weight excluding hydrogens is 368 g/mol. The van der Waals surface area contributed by atoms with Crippen LogP contribution in [0.3, 0.4) is 0 Å². The lowest BCUT2D eigenvalue weighted by Crippen LogP contribution is -2.46. The van der Waals surface area contributed by atoms with E-state index in [0.29, 0.717) is 0 Å². The summed E-state index contributed by atoms with van der Waals surface area (Å²) in [5.74, 6) is 0.739. The number of nitrogens with one attached hydrogen (secondary N) is 4. The molecule has 0 fully saturated rings. The molecule has 3 heterocycles. The smallest absolute Gasteiger partial charge is 0.217 e. The van der Waals surface area contributed by atoms with Gasteiger partial charge >= 0.3 is 0 Å². The van der Waals surface area contributed by atoms with Crippen LogP contribution in [0.1, 0.15) is 31.1 Å². The average Bonchev–Trinajstić information content (AvgIpc) is 3.30. The Bertz CT molecular complexity index is 1070. The van der Waals surface area contributed by atoms with Gasteiger partial charge in [0.2, 0.25) is 5.91 Å². The molecule has 3 aromatic rings. The highest BCUT2D eigenvalue weighted by atomic mass is 16.3. The van der Waals surface area contributed by atoms with Crippen LogP contribution in [0.15, 0.2) is 36.7 Å². The van der Waals surface area contributed by atoms with E-state index in [1.165, 1.54) is 6.92 Å². The standard InChI is InChI=1S/C21H26N6O2/c1-12(29)24-17(10-28)14-7-5-6-13(8-14)16-9-15-18-19(23-11-27(18)4)21(2,22-3)26-20(15)25-16/h5-9,11,17,22,25-26,28H,10H2,1-4H3,(H,24,29)/t17-,21?/m0/s1. The van der Waals surface area contributed by atoms with E-state index in [2.05, 4.69) is 38.9 Å². The first-order valence-corrected chi connectivity index (χ1v) is 9.57. The minimum atomic E-state index is -0.485. The summed E-state index contributed by atoms with van der Waals surface area (Å²) in [6, 6.07) is 9.48. The first-order chi connectivity index (χ1) is 13.9. The molecule has 1 amide bonds. The fraction of sp³-hybridized carbons (Fsp3) is 0.333. The van der Waals surface area contributed by atoms with Crippen molar-refractivity contribution in [2.24, 2.45) is 7.05 Å². The number of carbonyl (C=O) groups is 1. The van der Waals surface area contributed by atoms with Gasteiger partial charge in [-0.25, -0.2) is 4.98 Å². The largest absolute Gasteiger partial charge is 0.394 e. The number of anilines is 1. The molecule has 1 aromatic carbocycles. The molecule has 8 nitrogen and oxygen atoms in total. The molecule has 4 rings (SSSR count). The first-order valence-electron chi connectivity index (χ1n) is 9.57. The second-order valence-electron chi connectivity index (χ2n) is 7.59. The molecule has 0 saturated carbocycles. The number of carbonyl (C=O) groups excluding carboxylic acids is 1. The van der Waals surface area contributed by atoms with E-state index in [-0.39, 0.29) is 12.5 Å². The molecule has 0 radical (unpaired) electrons. The number of nitrogens with zero attached hydrogens (tertiary/aromatic N) is 2. The molecule has 0 saturated heterocycles. The van der Waals surface area contributed by atoms with Gasteiger partial charge in [-0.1, -0.05) is 18.2 Å². The number of aromatic amines is 1. The van der Waals surface area contributed by atoms with Gasteiger partial charge in [-0.05, 0) is 37.2 Å². The number of aliphatic hydroxyl groups excluding tert-OH is 1. The topological polar surface area (TPSA) is 107 Å². The highest BCUT2D eigenvalue weighted by Crippen LogP contribution is 2.43. The van der Waals surface area contributed by atoms with Gasteiger partial charge in [0.25, 0.3) is 0 Å². The number of imidazole rings is 1. The zero-order valence-corrected chi connectivity index (χ0v) is 17.0. The SMILES string of the molecule is CNC1(C)Nc2[nH]c(-c3cccc([C@H](CO)NC(C)=O)c3)cc2-c2c1ncn2C. The summed E-state index contributed by atoms with van der Waals surface area (Å²) >= 11 is 0. The summed E-state index contributed by atoms with van der Waals surface area (Å²) in [4.78, 5) is 19.5. The summed E-state index contributed by atoms with van der Waals surface area (Å²) in [7, 11) is 3.89. The molecule has 1 aliphatic heterocycles. The van der Waals surface area contributed by atoms with Gasteiger partial charge < -0.3 is 25.3 Å². The van der Waals surface area contributed by atoms with Gasteiger partial charge in [0.1, 0.15) is 17.2 Å². The van der Waals surface area contributed by atoms with Crippen LogP contribution >= 0.6 is 0 Å². The number of rotatable bonds is 5. The number of aryl methyl sites for hydroxylation is 1. The van der Waals surface area contributed by atoms with Gasteiger partial charge in [0.05, 0.1) is 24.7 Å². The number of H-pyrrole nitrogens is 1. The number of fused-ring (bicyclic) bond motifs is 3. The summed E-state index contributed by atoms with van der Waals surface area (Å²) in [5, 5.41) is 19.3. The van der Waals surface area contributed by atoms with Gasteiger partial charge in [0.15, 0.2) is 0 Å². The van der Waals surface area contributed by atoms with Crippen LogP contribution in [0.2, 0.25) is 0 Å². The highest BCUT2D eigenvalue weighted by molar-refractivity contribution is 5.85. The lowest BCUT2D eigenvalue weighted by atomic mass is 9.97. The highest BCUT2D eigenvalue weighted by Gasteiger charge is 2.37. The van der Waals surface area contributed by atoms with Crippen LogP contribution in [-0.4, -0.2) is 39.2 Å². The van der Waals surface area contributed by atoms with Crippen molar-refractivity contribution in [2.75, 3.05) is 19.0 Å². The van der Waals surface area contributed by atoms with Crippen molar-refractivity contribution in [1.82, 2.24) is 25.2 Å². The van der Waals surface area contributed by atoms with E-state index in [0.717, 1.165) is 39.6 Å². The molecule has 0 bridgehead atoms. The van der Waals surface area contributed by atoms with E-state index in [1.807, 2.05) is 49.3 Å². The Labute approximate surface area is 169 Å². The van der Waals surface area contributed by atoms with Crippen molar-refractivity contribution in [3.8, 4) is 22.5 Å². The molecule has 152 valence electrons. The Kier molecular flexibility index (Phi) is 4.68. The first kappa shape index (κ1) is 19.2. The van der Waals surface area contributed by atoms with E-state index in [9.17, 15) is 9.90 Å². The number of amides is 1. The van der Waals surface area contributed by atoms with Gasteiger partial charge in [0, 0.05) is 25.2 Å². The Hall–Kier alpha value is -3.10. The maximum atomic E-state index is 11.4. The normalized spacial score (nSPS) is 18.5. The quantitative estimate of drug-likeness (QED) is 0.455. The third-order valence-corrected chi connectivity index (χ3v) is 5.52. The zero-order chi connectivity index (χ0) is 20.8. The van der Waals surface area contributed by atoms with E-state index in [4.69, 9.17) is 0 Å². The van der Waals surface area contributed by atoms with Gasteiger partial charge in [-0.15, -0.1) is 0 Å². The van der Waals surface area contributed by atoms with Crippen LogP contribution in [0.4, 0.5) is 5.82 Å². The van der Waals surface area contributed by atoms with Crippen LogP contribution in [0, 0.1) is 0 Å². The predicted molar refractivity (Wildman–Crippen MR) is 112 cm³/mol. The Balaban J connectivity index is 1.77. The fourth-order valence-electron chi connectivity index (χ4n) is 3.90. The summed E-state index contributed by atoms with van der Waals surface area (Å²) in [5.41, 5.74) is 5.33. The molecule has 2 aromatic heterocycles. The van der Waals surface area contributed by atoms with Crippen LogP contribution < -0.4 is 16.0 Å². The van der Waals surface area contributed by atoms with Crippen LogP contribution in [-0.2, 0) is 17.5 Å². The third-order valence-electron chi connectivity index (χ3n) is 5.52. The number of aliphatic hydroxyl groups is 1. The van der Waals surface area contributed by atoms with Gasteiger partial charge in [-0.2, -0.15) is 0 Å². The number of hydrogen-bond donors (Lipinski definition) is 5. The Morgan fingerprint density at radius 2 is 2.17 bits per heavy atom. The van der Waals surface area contributed by atoms with E-state index >= 15 is 0 Å². The number of benzene rings is 1. The minimum Gasteiger partial charge on any atom is -0.394 e. The number of hydrogen-bond acceptors (Lipinski definition) is 5. The van der Waals surface area contributed by atoms with Crippen LogP contribution in [0.25, 0.3) is 22.5 Å². The van der Waals surface area contributed by atoms with Crippen molar-refractivity contribution in [2.45, 2.75) is 25.6 Å². The van der Waals surface area contributed by atoms with E-state index in [1.54, 1.807) is 0 Å². The molecule has 1 unspecified atom stereocenters. The Morgan fingerprint density at radius 1 is 1.38 bits per heavy atom. The summed E-state index contributed by atoms with van der Waals surface area (Å²) in [6.07, 6.45) is 1.82. The van der Waals surface area contributed by atoms with Crippen molar-refractivity contribution in [1.29, 1.82) is 0 Å². The van der Waals surface area contributed by atoms with Crippen molar-refractivity contribution < 1.29 is 9.90 Å². The third kappa shape index (κ3) is 3.20. The predicted octanol–water partition coefficient (Wildman–Crippen LogP) is 2.07. The molecule has 2 atom stereocenters. The van der Waals surface area contributed by atoms with E-state index < -0.39 is 11.7 Å². The molecule has 5 N–H and O–H groups in total. The molecule has 0 spiro atoms. The molecule has 1 aliphatic rings. The second kappa shape index (κ2) is 7.06. The maximum Gasteiger partial charge on any atom is 0.217 e. The lowest BCUT2D eigenvalue weighted by Gasteiger charge is -2.34. The Morgan fingerprint density at radius 3 is 2.86 bits per heavy atom. The second-order valence-corrected chi connectivity index (χ2v) is 7.59. The summed E-state index contributed by atoms with van der Waals surface area (Å²) in [6.45, 7) is 3.34. The minimum absolute atomic E-state index is 0.162. The average molecular weight is 394 g/mol. The fourth-order valence-corrected chi connectivity index (χ4v) is 3.90. The molecule has 0 aliphatic carbocycles. The van der Waals surface area contributed by atoms with Crippen molar-refractivity contribution in [3.05, 3.63) is 47.9 Å². The van der Waals surface area contributed by atoms with Gasteiger partial charge in [-0.3, -0.25) is 10.1 Å². The maximum absolute atomic E-state index is 11.4.